The van der Waals surface area contributed by atoms with E-state index in [-0.39, 0.29) is 12.5 Å². The minimum Gasteiger partial charge on any atom is -0.484 e. The van der Waals surface area contributed by atoms with Crippen LogP contribution in [-0.2, 0) is 17.6 Å². The third kappa shape index (κ3) is 4.63. The number of fused-ring (bicyclic) bond motifs is 1. The van der Waals surface area contributed by atoms with E-state index in [1.165, 1.54) is 17.5 Å². The first kappa shape index (κ1) is 18.0. The normalized spacial score (nSPS) is 12.8. The molecular formula is C21H24N2O3. The number of aryl methyl sites for hydroxylation is 4. The molecule has 0 radical (unpaired) electrons. The van der Waals surface area contributed by atoms with Gasteiger partial charge in [0, 0.05) is 5.56 Å². The van der Waals surface area contributed by atoms with Crippen LogP contribution in [0.1, 0.15) is 45.5 Å². The van der Waals surface area contributed by atoms with Crippen LogP contribution in [0, 0.1) is 13.8 Å². The predicted molar refractivity (Wildman–Crippen MR) is 100 cm³/mol. The molecule has 0 heterocycles. The zero-order valence-corrected chi connectivity index (χ0v) is 15.2. The van der Waals surface area contributed by atoms with Gasteiger partial charge in [-0.2, -0.15) is 0 Å². The first-order valence-corrected chi connectivity index (χ1v) is 8.93. The van der Waals surface area contributed by atoms with Crippen molar-refractivity contribution in [2.75, 3.05) is 6.61 Å². The number of hydrogen-bond acceptors (Lipinski definition) is 3. The number of nitrogens with one attached hydrogen (secondary N) is 2. The number of carbonyl (C=O) groups excluding carboxylic acids is 2. The molecule has 2 aromatic carbocycles. The van der Waals surface area contributed by atoms with Crippen molar-refractivity contribution in [2.45, 2.75) is 39.5 Å². The number of carbonyl (C=O) groups is 2. The lowest BCUT2D eigenvalue weighted by Gasteiger charge is -2.16. The topological polar surface area (TPSA) is 67.4 Å². The Labute approximate surface area is 153 Å². The van der Waals surface area contributed by atoms with E-state index < -0.39 is 5.91 Å². The lowest BCUT2D eigenvalue weighted by molar-refractivity contribution is -0.123. The molecule has 0 aliphatic heterocycles. The van der Waals surface area contributed by atoms with Gasteiger partial charge in [0.15, 0.2) is 6.61 Å². The first-order valence-electron chi connectivity index (χ1n) is 8.93. The summed E-state index contributed by atoms with van der Waals surface area (Å²) in [5.41, 5.74) is 10.1. The van der Waals surface area contributed by atoms with Gasteiger partial charge >= 0.3 is 0 Å². The molecule has 0 spiro atoms. The molecule has 2 amide bonds. The SMILES string of the molecule is Cc1cc(C)cc(OCC(=O)NNC(=O)c2ccc3c(c2)CCCC3)c1. The van der Waals surface area contributed by atoms with Crippen molar-refractivity contribution in [1.82, 2.24) is 10.9 Å². The molecule has 136 valence electrons. The average Bonchev–Trinajstić information content (AvgIpc) is 2.63. The van der Waals surface area contributed by atoms with E-state index in [0.717, 1.165) is 30.4 Å². The third-order valence-corrected chi connectivity index (χ3v) is 4.49. The Hall–Kier alpha value is -2.82. The van der Waals surface area contributed by atoms with Gasteiger partial charge in [-0.15, -0.1) is 0 Å². The maximum Gasteiger partial charge on any atom is 0.276 e. The van der Waals surface area contributed by atoms with E-state index >= 15 is 0 Å². The Morgan fingerprint density at radius 2 is 1.62 bits per heavy atom. The van der Waals surface area contributed by atoms with Crippen LogP contribution in [0.3, 0.4) is 0 Å². The van der Waals surface area contributed by atoms with Crippen molar-refractivity contribution in [3.05, 3.63) is 64.2 Å². The van der Waals surface area contributed by atoms with Gasteiger partial charge in [-0.1, -0.05) is 12.1 Å². The van der Waals surface area contributed by atoms with E-state index in [2.05, 4.69) is 10.9 Å². The maximum absolute atomic E-state index is 12.2. The van der Waals surface area contributed by atoms with E-state index in [1.807, 2.05) is 44.2 Å². The zero-order valence-electron chi connectivity index (χ0n) is 15.2. The van der Waals surface area contributed by atoms with Crippen LogP contribution in [0.5, 0.6) is 5.75 Å². The van der Waals surface area contributed by atoms with Crippen LogP contribution in [0.25, 0.3) is 0 Å². The molecule has 0 atom stereocenters. The molecule has 0 saturated carbocycles. The van der Waals surface area contributed by atoms with Crippen LogP contribution < -0.4 is 15.6 Å². The Bertz CT molecular complexity index is 810. The van der Waals surface area contributed by atoms with Gasteiger partial charge in [0.2, 0.25) is 0 Å². The van der Waals surface area contributed by atoms with Crippen LogP contribution in [-0.4, -0.2) is 18.4 Å². The molecule has 26 heavy (non-hydrogen) atoms. The van der Waals surface area contributed by atoms with Gasteiger partial charge in [-0.25, -0.2) is 0 Å². The monoisotopic (exact) mass is 352 g/mol. The Morgan fingerprint density at radius 3 is 2.35 bits per heavy atom. The lowest BCUT2D eigenvalue weighted by atomic mass is 9.90. The largest absolute Gasteiger partial charge is 0.484 e. The molecule has 2 aromatic rings. The summed E-state index contributed by atoms with van der Waals surface area (Å²) in [6, 6.07) is 11.5. The van der Waals surface area contributed by atoms with Crippen LogP contribution in [0.4, 0.5) is 0 Å². The second kappa shape index (κ2) is 8.04. The van der Waals surface area contributed by atoms with Gasteiger partial charge in [0.25, 0.3) is 11.8 Å². The minimum atomic E-state index is -0.407. The van der Waals surface area contributed by atoms with E-state index in [0.29, 0.717) is 11.3 Å². The van der Waals surface area contributed by atoms with Crippen molar-refractivity contribution in [3.8, 4) is 5.75 Å². The molecule has 0 unspecified atom stereocenters. The van der Waals surface area contributed by atoms with Crippen molar-refractivity contribution >= 4 is 11.8 Å². The summed E-state index contributed by atoms with van der Waals surface area (Å²) >= 11 is 0. The summed E-state index contributed by atoms with van der Waals surface area (Å²) in [5.74, 6) is -0.0905. The highest BCUT2D eigenvalue weighted by atomic mass is 16.5. The van der Waals surface area contributed by atoms with Gasteiger partial charge in [-0.05, 0) is 86.1 Å². The Morgan fingerprint density at radius 1 is 0.923 bits per heavy atom. The van der Waals surface area contributed by atoms with Crippen LogP contribution >= 0.6 is 0 Å². The lowest BCUT2D eigenvalue weighted by Crippen LogP contribution is -2.43. The first-order chi connectivity index (χ1) is 12.5. The summed E-state index contributed by atoms with van der Waals surface area (Å²) in [5, 5.41) is 0. The van der Waals surface area contributed by atoms with Crippen molar-refractivity contribution in [2.24, 2.45) is 0 Å². The molecule has 0 aromatic heterocycles. The van der Waals surface area contributed by atoms with Crippen molar-refractivity contribution in [1.29, 1.82) is 0 Å². The number of amides is 2. The van der Waals surface area contributed by atoms with Gasteiger partial charge < -0.3 is 4.74 Å². The van der Waals surface area contributed by atoms with Crippen LogP contribution in [0.2, 0.25) is 0 Å². The number of hydrogen-bond donors (Lipinski definition) is 2. The minimum absolute atomic E-state index is 0.159. The molecule has 0 fully saturated rings. The smallest absolute Gasteiger partial charge is 0.276 e. The van der Waals surface area contributed by atoms with Crippen molar-refractivity contribution < 1.29 is 14.3 Å². The fourth-order valence-corrected chi connectivity index (χ4v) is 3.27. The van der Waals surface area contributed by atoms with Crippen LogP contribution in [0.15, 0.2) is 36.4 Å². The number of ether oxygens (including phenoxy) is 1. The maximum atomic E-state index is 12.2. The molecule has 1 aliphatic carbocycles. The summed E-state index contributed by atoms with van der Waals surface area (Å²) in [7, 11) is 0. The highest BCUT2D eigenvalue weighted by molar-refractivity contribution is 5.95. The molecule has 0 saturated heterocycles. The summed E-state index contributed by atoms with van der Waals surface area (Å²) in [6.07, 6.45) is 4.44. The average molecular weight is 352 g/mol. The highest BCUT2D eigenvalue weighted by Crippen LogP contribution is 2.22. The number of benzene rings is 2. The van der Waals surface area contributed by atoms with Gasteiger partial charge in [0.1, 0.15) is 5.75 Å². The van der Waals surface area contributed by atoms with Gasteiger partial charge in [-0.3, -0.25) is 20.4 Å². The molecule has 2 N–H and O–H groups in total. The summed E-state index contributed by atoms with van der Waals surface area (Å²) < 4.78 is 5.48. The third-order valence-electron chi connectivity index (χ3n) is 4.49. The van der Waals surface area contributed by atoms with E-state index in [4.69, 9.17) is 4.74 Å². The highest BCUT2D eigenvalue weighted by Gasteiger charge is 2.13. The zero-order chi connectivity index (χ0) is 18.5. The van der Waals surface area contributed by atoms with Gasteiger partial charge in [0.05, 0.1) is 0 Å². The van der Waals surface area contributed by atoms with E-state index in [9.17, 15) is 9.59 Å². The Kier molecular flexibility index (Phi) is 5.56. The molecular weight excluding hydrogens is 328 g/mol. The molecule has 3 rings (SSSR count). The van der Waals surface area contributed by atoms with Crippen molar-refractivity contribution in [3.63, 3.8) is 0 Å². The molecule has 5 nitrogen and oxygen atoms in total. The molecule has 1 aliphatic rings. The number of rotatable bonds is 4. The quantitative estimate of drug-likeness (QED) is 0.831. The molecule has 0 bridgehead atoms. The Balaban J connectivity index is 1.50. The second-order valence-electron chi connectivity index (χ2n) is 6.80. The number of hydrazine groups is 1. The predicted octanol–water partition coefficient (Wildman–Crippen LogP) is 3.02. The summed E-state index contributed by atoms with van der Waals surface area (Å²) in [4.78, 5) is 24.1. The molecule has 5 heteroatoms. The van der Waals surface area contributed by atoms with E-state index in [1.54, 1.807) is 6.07 Å². The summed E-state index contributed by atoms with van der Waals surface area (Å²) in [6.45, 7) is 3.78. The second-order valence-corrected chi connectivity index (χ2v) is 6.80. The standard InChI is InChI=1S/C21H24N2O3/c1-14-9-15(2)11-19(10-14)26-13-20(24)22-23-21(25)18-8-7-16-5-3-4-6-17(16)12-18/h7-12H,3-6,13H2,1-2H3,(H,22,24)(H,23,25). The fourth-order valence-electron chi connectivity index (χ4n) is 3.27. The fraction of sp³-hybridized carbons (Fsp3) is 0.333.